The van der Waals surface area contributed by atoms with Crippen LogP contribution in [0, 0.1) is 13.8 Å². The lowest BCUT2D eigenvalue weighted by molar-refractivity contribution is 1.32. The van der Waals surface area contributed by atoms with Crippen molar-refractivity contribution in [3.63, 3.8) is 0 Å². The number of hydrogen-bond acceptors (Lipinski definition) is 2. The summed E-state index contributed by atoms with van der Waals surface area (Å²) >= 11 is 0. The van der Waals surface area contributed by atoms with Crippen molar-refractivity contribution >= 4 is 21.8 Å². The second-order valence-electron chi connectivity index (χ2n) is 8.61. The van der Waals surface area contributed by atoms with Gasteiger partial charge in [-0.3, -0.25) is 9.97 Å². The van der Waals surface area contributed by atoms with Crippen molar-refractivity contribution in [2.75, 3.05) is 0 Å². The average Bonchev–Trinajstić information content (AvgIpc) is 3.22. The highest BCUT2D eigenvalue weighted by Crippen LogP contribution is 2.39. The zero-order valence-corrected chi connectivity index (χ0v) is 18.6. The Morgan fingerprint density at radius 3 is 1.82 bits per heavy atom. The van der Waals surface area contributed by atoms with Crippen LogP contribution in [0.1, 0.15) is 11.1 Å². The van der Waals surface area contributed by atoms with Crippen LogP contribution in [0.25, 0.3) is 55.4 Å². The fourth-order valence-electron chi connectivity index (χ4n) is 4.72. The highest BCUT2D eigenvalue weighted by Gasteiger charge is 2.15. The van der Waals surface area contributed by atoms with E-state index in [-0.39, 0.29) is 0 Å². The Kier molecular flexibility index (Phi) is 4.55. The molecule has 3 aromatic heterocycles. The van der Waals surface area contributed by atoms with Crippen LogP contribution in [0.3, 0.4) is 0 Å². The summed E-state index contributed by atoms with van der Waals surface area (Å²) in [6.45, 7) is 4.32. The van der Waals surface area contributed by atoms with Gasteiger partial charge in [-0.1, -0.05) is 30.3 Å². The van der Waals surface area contributed by atoms with Gasteiger partial charge in [0, 0.05) is 39.9 Å². The van der Waals surface area contributed by atoms with Gasteiger partial charge in [-0.25, -0.2) is 0 Å². The van der Waals surface area contributed by atoms with Gasteiger partial charge in [0.15, 0.2) is 0 Å². The van der Waals surface area contributed by atoms with Crippen LogP contribution in [0.15, 0.2) is 97.3 Å². The fourth-order valence-corrected chi connectivity index (χ4v) is 4.72. The molecular weight excluding hydrogens is 402 g/mol. The quantitative estimate of drug-likeness (QED) is 0.315. The summed E-state index contributed by atoms with van der Waals surface area (Å²) in [4.78, 5) is 12.9. The number of fused-ring (bicyclic) bond motifs is 3. The lowest BCUT2D eigenvalue weighted by atomic mass is 9.96. The van der Waals surface area contributed by atoms with Crippen molar-refractivity contribution < 1.29 is 0 Å². The molecule has 0 aliphatic heterocycles. The van der Waals surface area contributed by atoms with Gasteiger partial charge >= 0.3 is 0 Å². The number of nitrogens with one attached hydrogen (secondary N) is 1. The van der Waals surface area contributed by atoms with Crippen LogP contribution < -0.4 is 0 Å². The third-order valence-corrected chi connectivity index (χ3v) is 6.18. The molecule has 0 saturated carbocycles. The van der Waals surface area contributed by atoms with E-state index < -0.39 is 0 Å². The van der Waals surface area contributed by atoms with E-state index in [2.05, 4.69) is 89.5 Å². The van der Waals surface area contributed by atoms with E-state index >= 15 is 0 Å². The number of hydrogen-bond donors (Lipinski definition) is 1. The Balaban J connectivity index is 1.63. The van der Waals surface area contributed by atoms with E-state index in [1.165, 1.54) is 33.0 Å². The number of benzene rings is 3. The summed E-state index contributed by atoms with van der Waals surface area (Å²) in [5, 5.41) is 2.47. The maximum atomic E-state index is 4.63. The van der Waals surface area contributed by atoms with Crippen molar-refractivity contribution in [1.29, 1.82) is 0 Å². The van der Waals surface area contributed by atoms with Crippen LogP contribution in [-0.2, 0) is 0 Å². The van der Waals surface area contributed by atoms with Crippen molar-refractivity contribution in [2.45, 2.75) is 13.8 Å². The minimum atomic E-state index is 0.980. The zero-order valence-electron chi connectivity index (χ0n) is 18.6. The molecule has 6 rings (SSSR count). The van der Waals surface area contributed by atoms with Crippen LogP contribution in [0.5, 0.6) is 0 Å². The van der Waals surface area contributed by atoms with E-state index in [0.717, 1.165) is 33.5 Å². The van der Waals surface area contributed by atoms with Gasteiger partial charge in [-0.15, -0.1) is 0 Å². The van der Waals surface area contributed by atoms with Gasteiger partial charge in [0.25, 0.3) is 0 Å². The average molecular weight is 426 g/mol. The van der Waals surface area contributed by atoms with Crippen LogP contribution in [0.2, 0.25) is 0 Å². The standard InChI is InChI=1S/C30H23N3/c1-19-14-23(21-8-7-9-22(18-21)27-10-3-5-12-31-27)29-24(15-19)25-16-20(2)17-26(30(25)33-29)28-11-4-6-13-32-28/h3-18,33H,1-2H3. The number of aryl methyl sites for hydroxylation is 2. The largest absolute Gasteiger partial charge is 0.353 e. The number of nitrogens with zero attached hydrogens (tertiary/aromatic N) is 2. The first kappa shape index (κ1) is 19.4. The monoisotopic (exact) mass is 425 g/mol. The van der Waals surface area contributed by atoms with Crippen LogP contribution in [-0.4, -0.2) is 15.0 Å². The first-order chi connectivity index (χ1) is 16.2. The molecule has 3 aromatic carbocycles. The maximum absolute atomic E-state index is 4.63. The van der Waals surface area contributed by atoms with Gasteiger partial charge in [-0.2, -0.15) is 0 Å². The Morgan fingerprint density at radius 2 is 1.15 bits per heavy atom. The van der Waals surface area contributed by atoms with Gasteiger partial charge < -0.3 is 4.98 Å². The molecule has 0 fully saturated rings. The predicted octanol–water partition coefficient (Wildman–Crippen LogP) is 7.73. The highest BCUT2D eigenvalue weighted by atomic mass is 14.7. The fraction of sp³-hybridized carbons (Fsp3) is 0.0667. The van der Waals surface area contributed by atoms with Gasteiger partial charge in [0.05, 0.1) is 22.4 Å². The van der Waals surface area contributed by atoms with Crippen LogP contribution >= 0.6 is 0 Å². The van der Waals surface area contributed by atoms with Gasteiger partial charge in [0.1, 0.15) is 0 Å². The van der Waals surface area contributed by atoms with Crippen LogP contribution in [0.4, 0.5) is 0 Å². The first-order valence-electron chi connectivity index (χ1n) is 11.2. The Labute approximate surface area is 192 Å². The molecule has 0 radical (unpaired) electrons. The van der Waals surface area contributed by atoms with Crippen molar-refractivity contribution in [1.82, 2.24) is 15.0 Å². The molecule has 33 heavy (non-hydrogen) atoms. The molecular formula is C30H23N3. The van der Waals surface area contributed by atoms with E-state index in [0.29, 0.717) is 0 Å². The summed E-state index contributed by atoms with van der Waals surface area (Å²) in [5.41, 5.74) is 11.3. The molecule has 0 saturated heterocycles. The molecule has 3 heterocycles. The Morgan fingerprint density at radius 1 is 0.545 bits per heavy atom. The molecule has 0 spiro atoms. The number of pyridine rings is 2. The normalized spacial score (nSPS) is 11.3. The van der Waals surface area contributed by atoms with Crippen molar-refractivity contribution in [3.8, 4) is 33.6 Å². The summed E-state index contributed by atoms with van der Waals surface area (Å²) in [6.07, 6.45) is 3.69. The minimum Gasteiger partial charge on any atom is -0.353 e. The molecule has 158 valence electrons. The van der Waals surface area contributed by atoms with Crippen molar-refractivity contribution in [3.05, 3.63) is 108 Å². The third-order valence-electron chi connectivity index (χ3n) is 6.18. The summed E-state index contributed by atoms with van der Waals surface area (Å²) in [6, 6.07) is 29.8. The van der Waals surface area contributed by atoms with Gasteiger partial charge in [-0.05, 0) is 85.1 Å². The number of aromatic amines is 1. The maximum Gasteiger partial charge on any atom is 0.0723 e. The predicted molar refractivity (Wildman–Crippen MR) is 137 cm³/mol. The van der Waals surface area contributed by atoms with Gasteiger partial charge in [0.2, 0.25) is 0 Å². The first-order valence-corrected chi connectivity index (χ1v) is 11.2. The minimum absolute atomic E-state index is 0.980. The van der Waals surface area contributed by atoms with E-state index in [4.69, 9.17) is 0 Å². The molecule has 0 aliphatic rings. The van der Waals surface area contributed by atoms with E-state index in [1.807, 2.05) is 36.7 Å². The summed E-state index contributed by atoms with van der Waals surface area (Å²) in [7, 11) is 0. The topological polar surface area (TPSA) is 41.6 Å². The Hall–Kier alpha value is -4.24. The molecule has 3 heteroatoms. The molecule has 1 N–H and O–H groups in total. The molecule has 0 amide bonds. The Bertz CT molecular complexity index is 1610. The molecule has 0 unspecified atom stereocenters. The molecule has 0 atom stereocenters. The smallest absolute Gasteiger partial charge is 0.0723 e. The molecule has 3 nitrogen and oxygen atoms in total. The molecule has 0 aliphatic carbocycles. The second kappa shape index (κ2) is 7.72. The highest BCUT2D eigenvalue weighted by molar-refractivity contribution is 6.15. The third kappa shape index (κ3) is 3.39. The lowest BCUT2D eigenvalue weighted by Crippen LogP contribution is -1.86. The molecule has 6 aromatic rings. The lowest BCUT2D eigenvalue weighted by Gasteiger charge is -2.08. The SMILES string of the molecule is Cc1cc(-c2cccc(-c3ccccn3)c2)c2[nH]c3c(-c4ccccn4)cc(C)cc3c2c1. The van der Waals surface area contributed by atoms with E-state index in [9.17, 15) is 0 Å². The van der Waals surface area contributed by atoms with Crippen molar-refractivity contribution in [2.24, 2.45) is 0 Å². The second-order valence-corrected chi connectivity index (χ2v) is 8.61. The zero-order chi connectivity index (χ0) is 22.4. The number of rotatable bonds is 3. The van der Waals surface area contributed by atoms with E-state index in [1.54, 1.807) is 0 Å². The number of aromatic nitrogens is 3. The molecule has 0 bridgehead atoms. The summed E-state index contributed by atoms with van der Waals surface area (Å²) < 4.78 is 0. The summed E-state index contributed by atoms with van der Waals surface area (Å²) in [5.74, 6) is 0. The number of H-pyrrole nitrogens is 1.